The van der Waals surface area contributed by atoms with Gasteiger partial charge in [-0.05, 0) is 41.6 Å². The average Bonchev–Trinajstić information content (AvgIpc) is 2.50. The maximum absolute atomic E-state index is 11.0. The highest BCUT2D eigenvalue weighted by atomic mass is 32.2. The molecule has 1 N–H and O–H groups in total. The monoisotopic (exact) mass is 340 g/mol. The van der Waals surface area contributed by atoms with Gasteiger partial charge in [-0.25, -0.2) is 0 Å². The van der Waals surface area contributed by atoms with Gasteiger partial charge in [0.2, 0.25) is 0 Å². The molecule has 3 nitrogen and oxygen atoms in total. The molecule has 0 aromatic heterocycles. The lowest BCUT2D eigenvalue weighted by molar-refractivity contribution is 0.180. The van der Waals surface area contributed by atoms with Crippen LogP contribution in [0.1, 0.15) is 71.8 Å². The molecule has 0 aliphatic heterocycles. The first-order valence-corrected chi connectivity index (χ1v) is 10.1. The highest BCUT2D eigenvalue weighted by Gasteiger charge is 2.32. The number of benzene rings is 1. The van der Waals surface area contributed by atoms with Gasteiger partial charge in [-0.1, -0.05) is 71.4 Å². The smallest absolute Gasteiger partial charge is 0.264 e. The van der Waals surface area contributed by atoms with Crippen LogP contribution in [-0.2, 0) is 10.1 Å². The normalized spacial score (nSPS) is 16.8. The molecular weight excluding hydrogens is 308 g/mol. The van der Waals surface area contributed by atoms with E-state index in [0.717, 1.165) is 19.3 Å². The standard InChI is InChI=1S/C19H32O3S/c1-6-19(5,16(2)17-10-8-7-9-11-17)13-12-18(3,4)14-15-23(20,21)22/h7-11,16H,6,12-15H2,1-5H3,(H,20,21,22). The Bertz CT molecular complexity index is 578. The van der Waals surface area contributed by atoms with E-state index in [4.69, 9.17) is 4.55 Å². The van der Waals surface area contributed by atoms with E-state index in [1.807, 2.05) is 6.07 Å². The van der Waals surface area contributed by atoms with Gasteiger partial charge in [-0.15, -0.1) is 0 Å². The zero-order valence-electron chi connectivity index (χ0n) is 15.2. The van der Waals surface area contributed by atoms with Gasteiger partial charge in [0.25, 0.3) is 10.1 Å². The van der Waals surface area contributed by atoms with Crippen molar-refractivity contribution in [2.24, 2.45) is 10.8 Å². The fourth-order valence-corrected chi connectivity index (χ4v) is 3.81. The third kappa shape index (κ3) is 6.64. The number of hydrogen-bond acceptors (Lipinski definition) is 2. The molecule has 0 aliphatic carbocycles. The van der Waals surface area contributed by atoms with Crippen LogP contribution in [0.15, 0.2) is 30.3 Å². The zero-order chi connectivity index (χ0) is 17.7. The van der Waals surface area contributed by atoms with Gasteiger partial charge < -0.3 is 0 Å². The summed E-state index contributed by atoms with van der Waals surface area (Å²) in [5, 5.41) is 0. The van der Waals surface area contributed by atoms with Gasteiger partial charge in [0.15, 0.2) is 0 Å². The fraction of sp³-hybridized carbons (Fsp3) is 0.684. The Hall–Kier alpha value is -0.870. The van der Waals surface area contributed by atoms with E-state index in [-0.39, 0.29) is 16.6 Å². The fourth-order valence-electron chi connectivity index (χ4n) is 3.00. The SMILES string of the molecule is CCC(C)(CCC(C)(C)CCS(=O)(=O)O)C(C)c1ccccc1. The third-order valence-electron chi connectivity index (χ3n) is 5.56. The Kier molecular flexibility index (Phi) is 6.84. The van der Waals surface area contributed by atoms with Crippen molar-refractivity contribution in [2.75, 3.05) is 5.75 Å². The van der Waals surface area contributed by atoms with E-state index in [9.17, 15) is 8.42 Å². The molecule has 4 heteroatoms. The Balaban J connectivity index is 2.74. The van der Waals surface area contributed by atoms with Crippen molar-refractivity contribution in [1.82, 2.24) is 0 Å². The van der Waals surface area contributed by atoms with Crippen LogP contribution in [-0.4, -0.2) is 18.7 Å². The molecule has 1 aromatic carbocycles. The Morgan fingerprint density at radius 1 is 1.04 bits per heavy atom. The lowest BCUT2D eigenvalue weighted by atomic mass is 9.67. The van der Waals surface area contributed by atoms with Crippen LogP contribution < -0.4 is 0 Å². The van der Waals surface area contributed by atoms with Crippen LogP contribution in [0.25, 0.3) is 0 Å². The molecule has 23 heavy (non-hydrogen) atoms. The van der Waals surface area contributed by atoms with Crippen LogP contribution in [0.2, 0.25) is 0 Å². The molecule has 1 aromatic rings. The summed E-state index contributed by atoms with van der Waals surface area (Å²) in [6, 6.07) is 10.6. The lowest BCUT2D eigenvalue weighted by Gasteiger charge is -2.38. The summed E-state index contributed by atoms with van der Waals surface area (Å²) in [5.74, 6) is 0.294. The van der Waals surface area contributed by atoms with Crippen LogP contribution in [0, 0.1) is 10.8 Å². The highest BCUT2D eigenvalue weighted by Crippen LogP contribution is 2.45. The van der Waals surface area contributed by atoms with E-state index < -0.39 is 10.1 Å². The molecule has 1 rings (SSSR count). The molecule has 0 saturated heterocycles. The second-order valence-corrected chi connectivity index (χ2v) is 9.41. The lowest BCUT2D eigenvalue weighted by Crippen LogP contribution is -2.27. The minimum Gasteiger partial charge on any atom is -0.286 e. The predicted molar refractivity (Wildman–Crippen MR) is 97.3 cm³/mol. The summed E-state index contributed by atoms with van der Waals surface area (Å²) in [5.41, 5.74) is 1.44. The molecule has 2 atom stereocenters. The van der Waals surface area contributed by atoms with Gasteiger partial charge in [0.05, 0.1) is 5.75 Å². The average molecular weight is 341 g/mol. The molecule has 0 saturated carbocycles. The van der Waals surface area contributed by atoms with Crippen molar-refractivity contribution in [2.45, 2.75) is 66.2 Å². The molecule has 0 fully saturated rings. The molecule has 0 radical (unpaired) electrons. The van der Waals surface area contributed by atoms with Gasteiger partial charge in [-0.2, -0.15) is 8.42 Å². The van der Waals surface area contributed by atoms with E-state index in [0.29, 0.717) is 12.3 Å². The summed E-state index contributed by atoms with van der Waals surface area (Å²) < 4.78 is 30.9. The van der Waals surface area contributed by atoms with Crippen LogP contribution in [0.5, 0.6) is 0 Å². The summed E-state index contributed by atoms with van der Waals surface area (Å²) in [6.45, 7) is 11.0. The minimum absolute atomic E-state index is 0.0946. The molecule has 132 valence electrons. The first-order valence-electron chi connectivity index (χ1n) is 8.49. The quantitative estimate of drug-likeness (QED) is 0.621. The zero-order valence-corrected chi connectivity index (χ0v) is 16.0. The maximum Gasteiger partial charge on any atom is 0.264 e. The minimum atomic E-state index is -3.88. The van der Waals surface area contributed by atoms with Crippen molar-refractivity contribution < 1.29 is 13.0 Å². The predicted octanol–water partition coefficient (Wildman–Crippen LogP) is 5.29. The van der Waals surface area contributed by atoms with E-state index >= 15 is 0 Å². The van der Waals surface area contributed by atoms with E-state index in [1.54, 1.807) is 0 Å². The second-order valence-electron chi connectivity index (χ2n) is 7.84. The number of rotatable bonds is 9. The van der Waals surface area contributed by atoms with Crippen LogP contribution in [0.4, 0.5) is 0 Å². The Labute approximate surface area is 142 Å². The molecular formula is C19H32O3S. The van der Waals surface area contributed by atoms with Gasteiger partial charge >= 0.3 is 0 Å². The van der Waals surface area contributed by atoms with E-state index in [2.05, 4.69) is 58.9 Å². The highest BCUT2D eigenvalue weighted by molar-refractivity contribution is 7.85. The summed E-state index contributed by atoms with van der Waals surface area (Å²) >= 11 is 0. The van der Waals surface area contributed by atoms with Crippen molar-refractivity contribution in [3.8, 4) is 0 Å². The van der Waals surface area contributed by atoms with Crippen molar-refractivity contribution in [1.29, 1.82) is 0 Å². The van der Waals surface area contributed by atoms with Crippen LogP contribution in [0.3, 0.4) is 0 Å². The summed E-state index contributed by atoms with van der Waals surface area (Å²) in [6.07, 6.45) is 3.56. The molecule has 0 heterocycles. The Morgan fingerprint density at radius 3 is 2.09 bits per heavy atom. The van der Waals surface area contributed by atoms with Crippen molar-refractivity contribution in [3.63, 3.8) is 0 Å². The maximum atomic E-state index is 11.0. The van der Waals surface area contributed by atoms with E-state index in [1.165, 1.54) is 5.56 Å². The topological polar surface area (TPSA) is 54.4 Å². The van der Waals surface area contributed by atoms with Gasteiger partial charge in [0.1, 0.15) is 0 Å². The van der Waals surface area contributed by atoms with Gasteiger partial charge in [0, 0.05) is 0 Å². The molecule has 0 amide bonds. The van der Waals surface area contributed by atoms with Crippen molar-refractivity contribution in [3.05, 3.63) is 35.9 Å². The Morgan fingerprint density at radius 2 is 1.61 bits per heavy atom. The van der Waals surface area contributed by atoms with Gasteiger partial charge in [-0.3, -0.25) is 4.55 Å². The second kappa shape index (κ2) is 7.80. The largest absolute Gasteiger partial charge is 0.286 e. The number of hydrogen-bond donors (Lipinski definition) is 1. The first kappa shape index (κ1) is 20.2. The molecule has 0 bridgehead atoms. The summed E-state index contributed by atoms with van der Waals surface area (Å²) in [7, 11) is -3.88. The van der Waals surface area contributed by atoms with Crippen molar-refractivity contribution >= 4 is 10.1 Å². The molecule has 0 aliphatic rings. The van der Waals surface area contributed by atoms with Crippen LogP contribution >= 0.6 is 0 Å². The summed E-state index contributed by atoms with van der Waals surface area (Å²) in [4.78, 5) is 0. The molecule has 0 spiro atoms. The first-order chi connectivity index (χ1) is 10.5. The third-order valence-corrected chi connectivity index (χ3v) is 6.28. The molecule has 2 unspecified atom stereocenters.